The summed E-state index contributed by atoms with van der Waals surface area (Å²) in [5.41, 5.74) is 0.665. The maximum atomic E-state index is 14.3. The number of unbranched alkanes of at least 4 members (excludes halogenated alkanes) is 1. The highest BCUT2D eigenvalue weighted by molar-refractivity contribution is 9.10. The number of halogens is 3. The van der Waals surface area contributed by atoms with Gasteiger partial charge in [-0.2, -0.15) is 0 Å². The van der Waals surface area contributed by atoms with Gasteiger partial charge in [-0.3, -0.25) is 0 Å². The van der Waals surface area contributed by atoms with Gasteiger partial charge in [0.15, 0.2) is 0 Å². The highest BCUT2D eigenvalue weighted by Crippen LogP contribution is 2.35. The maximum absolute atomic E-state index is 14.3. The standard InChI is InChI=1S/C15H22BrClFN/c1-4-6-7-10(5-2)15(19-3)11-8-9-12(16)13(17)14(11)18/h8-10,15,19H,4-7H2,1-3H3. The van der Waals surface area contributed by atoms with Crippen LogP contribution in [0, 0.1) is 11.7 Å². The molecule has 1 rings (SSSR count). The minimum absolute atomic E-state index is 0.0159. The van der Waals surface area contributed by atoms with E-state index in [0.717, 1.165) is 19.3 Å². The van der Waals surface area contributed by atoms with E-state index in [2.05, 4.69) is 35.1 Å². The quantitative estimate of drug-likeness (QED) is 0.620. The molecule has 0 heterocycles. The predicted molar refractivity (Wildman–Crippen MR) is 84.2 cm³/mol. The van der Waals surface area contributed by atoms with Crippen molar-refractivity contribution in [3.05, 3.63) is 33.0 Å². The lowest BCUT2D eigenvalue weighted by molar-refractivity contribution is 0.331. The topological polar surface area (TPSA) is 12.0 Å². The van der Waals surface area contributed by atoms with Gasteiger partial charge >= 0.3 is 0 Å². The second-order valence-electron chi connectivity index (χ2n) is 4.84. The average Bonchev–Trinajstić information content (AvgIpc) is 2.42. The van der Waals surface area contributed by atoms with Crippen molar-refractivity contribution in [1.29, 1.82) is 0 Å². The minimum Gasteiger partial charge on any atom is -0.313 e. The Kier molecular flexibility index (Phi) is 7.33. The van der Waals surface area contributed by atoms with E-state index in [1.54, 1.807) is 0 Å². The summed E-state index contributed by atoms with van der Waals surface area (Å²) in [4.78, 5) is 0. The van der Waals surface area contributed by atoms with Crippen LogP contribution < -0.4 is 5.32 Å². The molecule has 2 unspecified atom stereocenters. The number of nitrogens with one attached hydrogen (secondary N) is 1. The summed E-state index contributed by atoms with van der Waals surface area (Å²) in [6.45, 7) is 4.33. The SMILES string of the molecule is CCCCC(CC)C(NC)c1ccc(Br)c(Cl)c1F. The third-order valence-electron chi connectivity index (χ3n) is 3.64. The lowest BCUT2D eigenvalue weighted by Crippen LogP contribution is -2.26. The van der Waals surface area contributed by atoms with Crippen molar-refractivity contribution >= 4 is 27.5 Å². The molecule has 1 N–H and O–H groups in total. The third-order valence-corrected chi connectivity index (χ3v) is 4.89. The largest absolute Gasteiger partial charge is 0.313 e. The van der Waals surface area contributed by atoms with Crippen molar-refractivity contribution < 1.29 is 4.39 Å². The van der Waals surface area contributed by atoms with E-state index in [1.807, 2.05) is 19.2 Å². The Morgan fingerprint density at radius 2 is 2.05 bits per heavy atom. The minimum atomic E-state index is -0.314. The highest BCUT2D eigenvalue weighted by atomic mass is 79.9. The second-order valence-corrected chi connectivity index (χ2v) is 6.07. The van der Waals surface area contributed by atoms with E-state index >= 15 is 0 Å². The zero-order chi connectivity index (χ0) is 14.4. The van der Waals surface area contributed by atoms with E-state index in [9.17, 15) is 4.39 Å². The van der Waals surface area contributed by atoms with Crippen molar-refractivity contribution in [2.75, 3.05) is 7.05 Å². The first-order valence-corrected chi connectivity index (χ1v) is 8.04. The molecule has 0 fully saturated rings. The zero-order valence-corrected chi connectivity index (χ0v) is 14.1. The van der Waals surface area contributed by atoms with Gasteiger partial charge in [0, 0.05) is 16.1 Å². The number of hydrogen-bond acceptors (Lipinski definition) is 1. The summed E-state index contributed by atoms with van der Waals surface area (Å²) in [6, 6.07) is 3.65. The molecule has 19 heavy (non-hydrogen) atoms. The predicted octanol–water partition coefficient (Wildman–Crippen LogP) is 5.72. The molecule has 0 saturated carbocycles. The highest BCUT2D eigenvalue weighted by Gasteiger charge is 2.24. The van der Waals surface area contributed by atoms with Crippen LogP contribution in [0.1, 0.15) is 51.1 Å². The zero-order valence-electron chi connectivity index (χ0n) is 11.8. The molecular formula is C15H22BrClFN. The molecule has 0 aromatic heterocycles. The Bertz CT molecular complexity index is 411. The second kappa shape index (κ2) is 8.23. The van der Waals surface area contributed by atoms with E-state index in [0.29, 0.717) is 16.0 Å². The van der Waals surface area contributed by atoms with Gasteiger partial charge in [-0.05, 0) is 41.4 Å². The maximum Gasteiger partial charge on any atom is 0.147 e. The number of hydrogen-bond donors (Lipinski definition) is 1. The Morgan fingerprint density at radius 3 is 2.58 bits per heavy atom. The molecule has 0 bridgehead atoms. The van der Waals surface area contributed by atoms with Gasteiger partial charge in [0.05, 0.1) is 5.02 Å². The van der Waals surface area contributed by atoms with Gasteiger partial charge in [0.1, 0.15) is 5.82 Å². The normalized spacial score (nSPS) is 14.4. The Hall–Kier alpha value is -0.120. The molecule has 0 radical (unpaired) electrons. The van der Waals surface area contributed by atoms with Crippen LogP contribution in [-0.4, -0.2) is 7.05 Å². The van der Waals surface area contributed by atoms with Crippen LogP contribution in [0.5, 0.6) is 0 Å². The summed E-state index contributed by atoms with van der Waals surface area (Å²) < 4.78 is 14.9. The fraction of sp³-hybridized carbons (Fsp3) is 0.600. The van der Waals surface area contributed by atoms with Crippen LogP contribution in [0.3, 0.4) is 0 Å². The van der Waals surface area contributed by atoms with Crippen LogP contribution in [-0.2, 0) is 0 Å². The van der Waals surface area contributed by atoms with Gasteiger partial charge < -0.3 is 5.32 Å². The molecule has 108 valence electrons. The fourth-order valence-electron chi connectivity index (χ4n) is 2.50. The van der Waals surface area contributed by atoms with E-state index in [-0.39, 0.29) is 16.9 Å². The molecule has 0 amide bonds. The third kappa shape index (κ3) is 4.17. The molecule has 0 aliphatic carbocycles. The Morgan fingerprint density at radius 1 is 1.37 bits per heavy atom. The van der Waals surface area contributed by atoms with Crippen LogP contribution >= 0.6 is 27.5 Å². The van der Waals surface area contributed by atoms with E-state index in [4.69, 9.17) is 11.6 Å². The first kappa shape index (κ1) is 16.9. The molecule has 1 aromatic rings. The Balaban J connectivity index is 3.04. The summed E-state index contributed by atoms with van der Waals surface area (Å²) in [7, 11) is 1.88. The van der Waals surface area contributed by atoms with Crippen molar-refractivity contribution in [1.82, 2.24) is 5.32 Å². The molecule has 0 aliphatic heterocycles. The van der Waals surface area contributed by atoms with Crippen molar-refractivity contribution in [2.24, 2.45) is 5.92 Å². The van der Waals surface area contributed by atoms with Crippen molar-refractivity contribution in [2.45, 2.75) is 45.6 Å². The number of rotatable bonds is 7. The summed E-state index contributed by atoms with van der Waals surface area (Å²) in [5, 5.41) is 3.42. The van der Waals surface area contributed by atoms with Gasteiger partial charge in [0.2, 0.25) is 0 Å². The molecule has 0 saturated heterocycles. The molecule has 0 aliphatic rings. The van der Waals surface area contributed by atoms with Gasteiger partial charge in [-0.1, -0.05) is 50.8 Å². The van der Waals surface area contributed by atoms with Crippen LogP contribution in [0.15, 0.2) is 16.6 Å². The number of benzene rings is 1. The van der Waals surface area contributed by atoms with Crippen molar-refractivity contribution in [3.63, 3.8) is 0 Å². The monoisotopic (exact) mass is 349 g/mol. The fourth-order valence-corrected chi connectivity index (χ4v) is 2.98. The smallest absolute Gasteiger partial charge is 0.147 e. The first-order chi connectivity index (χ1) is 9.06. The molecule has 0 spiro atoms. The molecule has 1 aromatic carbocycles. The van der Waals surface area contributed by atoms with Crippen LogP contribution in [0.4, 0.5) is 4.39 Å². The average molecular weight is 351 g/mol. The van der Waals surface area contributed by atoms with E-state index in [1.165, 1.54) is 6.42 Å². The Labute approximate surface area is 129 Å². The van der Waals surface area contributed by atoms with E-state index < -0.39 is 0 Å². The van der Waals surface area contributed by atoms with Crippen LogP contribution in [0.2, 0.25) is 5.02 Å². The molecule has 1 nitrogen and oxygen atoms in total. The summed E-state index contributed by atoms with van der Waals surface area (Å²) >= 11 is 9.24. The summed E-state index contributed by atoms with van der Waals surface area (Å²) in [5.74, 6) is 0.113. The van der Waals surface area contributed by atoms with Crippen molar-refractivity contribution in [3.8, 4) is 0 Å². The lowest BCUT2D eigenvalue weighted by atomic mass is 9.87. The lowest BCUT2D eigenvalue weighted by Gasteiger charge is -2.27. The van der Waals surface area contributed by atoms with Gasteiger partial charge in [0.25, 0.3) is 0 Å². The van der Waals surface area contributed by atoms with Crippen LogP contribution in [0.25, 0.3) is 0 Å². The van der Waals surface area contributed by atoms with Gasteiger partial charge in [-0.15, -0.1) is 0 Å². The molecular weight excluding hydrogens is 329 g/mol. The summed E-state index contributed by atoms with van der Waals surface area (Å²) in [6.07, 6.45) is 4.46. The molecule has 2 atom stereocenters. The molecule has 4 heteroatoms. The first-order valence-electron chi connectivity index (χ1n) is 6.87. The van der Waals surface area contributed by atoms with Gasteiger partial charge in [-0.25, -0.2) is 4.39 Å².